The predicted octanol–water partition coefficient (Wildman–Crippen LogP) is 2.09. The summed E-state index contributed by atoms with van der Waals surface area (Å²) < 4.78 is 11.3. The fraction of sp³-hybridized carbons (Fsp3) is 0.235. The van der Waals surface area contributed by atoms with Crippen LogP contribution in [0.4, 0.5) is 6.01 Å². The van der Waals surface area contributed by atoms with E-state index in [0.29, 0.717) is 43.3 Å². The van der Waals surface area contributed by atoms with E-state index in [-0.39, 0.29) is 5.56 Å². The van der Waals surface area contributed by atoms with Crippen LogP contribution in [0, 0.1) is 0 Å². The predicted molar refractivity (Wildman–Crippen MR) is 86.5 cm³/mol. The number of aromatic nitrogens is 2. The molecule has 4 rings (SSSR count). The highest BCUT2D eigenvalue weighted by molar-refractivity contribution is 5.91. The van der Waals surface area contributed by atoms with Gasteiger partial charge in [-0.05, 0) is 12.1 Å². The van der Waals surface area contributed by atoms with Gasteiger partial charge in [0.05, 0.1) is 18.6 Å². The molecule has 3 aromatic rings. The van der Waals surface area contributed by atoms with Gasteiger partial charge in [0.25, 0.3) is 5.56 Å². The molecule has 0 amide bonds. The molecule has 0 bridgehead atoms. The largest absolute Gasteiger partial charge is 0.424 e. The molecule has 0 saturated carbocycles. The maximum Gasteiger partial charge on any atom is 0.301 e. The van der Waals surface area contributed by atoms with Gasteiger partial charge in [-0.3, -0.25) is 9.78 Å². The van der Waals surface area contributed by atoms with Crippen LogP contribution in [0.2, 0.25) is 0 Å². The number of rotatable bonds is 2. The van der Waals surface area contributed by atoms with Crippen molar-refractivity contribution < 1.29 is 9.15 Å². The molecular weight excluding hydrogens is 294 g/mol. The highest BCUT2D eigenvalue weighted by Gasteiger charge is 2.18. The van der Waals surface area contributed by atoms with Crippen molar-refractivity contribution in [1.29, 1.82) is 0 Å². The molecule has 3 heterocycles. The van der Waals surface area contributed by atoms with Crippen LogP contribution in [0.25, 0.3) is 22.1 Å². The highest BCUT2D eigenvalue weighted by atomic mass is 16.5. The Hall–Kier alpha value is -2.73. The van der Waals surface area contributed by atoms with Gasteiger partial charge in [-0.25, -0.2) is 0 Å². The van der Waals surface area contributed by atoms with Gasteiger partial charge in [0.1, 0.15) is 0 Å². The van der Waals surface area contributed by atoms with E-state index in [2.05, 4.69) is 9.97 Å². The highest BCUT2D eigenvalue weighted by Crippen LogP contribution is 2.28. The van der Waals surface area contributed by atoms with Crippen LogP contribution in [0.1, 0.15) is 0 Å². The second-order valence-electron chi connectivity index (χ2n) is 5.32. The summed E-state index contributed by atoms with van der Waals surface area (Å²) in [5, 5.41) is 0.475. The molecule has 1 fully saturated rings. The summed E-state index contributed by atoms with van der Waals surface area (Å²) >= 11 is 0. The summed E-state index contributed by atoms with van der Waals surface area (Å²) in [6.45, 7) is 2.54. The van der Waals surface area contributed by atoms with E-state index in [9.17, 15) is 4.79 Å². The van der Waals surface area contributed by atoms with Crippen LogP contribution >= 0.6 is 0 Å². The molecule has 6 nitrogen and oxygen atoms in total. The van der Waals surface area contributed by atoms with Crippen molar-refractivity contribution in [3.8, 4) is 11.1 Å². The van der Waals surface area contributed by atoms with Crippen LogP contribution in [0.3, 0.4) is 0 Å². The first kappa shape index (κ1) is 13.9. The molecule has 1 saturated heterocycles. The minimum Gasteiger partial charge on any atom is -0.424 e. The number of pyridine rings is 1. The van der Waals surface area contributed by atoms with E-state index >= 15 is 0 Å². The third kappa shape index (κ3) is 2.57. The smallest absolute Gasteiger partial charge is 0.301 e. The second kappa shape index (κ2) is 5.81. The molecule has 1 aliphatic rings. The lowest BCUT2D eigenvalue weighted by Crippen LogP contribution is -2.37. The molecule has 0 atom stereocenters. The number of morpholine rings is 1. The number of nitrogens with zero attached hydrogens (tertiary/aromatic N) is 3. The monoisotopic (exact) mass is 309 g/mol. The Bertz CT molecular complexity index is 886. The van der Waals surface area contributed by atoms with Gasteiger partial charge in [0.2, 0.25) is 0 Å². The summed E-state index contributed by atoms with van der Waals surface area (Å²) in [6, 6.07) is 9.63. The van der Waals surface area contributed by atoms with Crippen molar-refractivity contribution in [2.45, 2.75) is 0 Å². The molecule has 0 N–H and O–H groups in total. The Morgan fingerprint density at radius 3 is 2.74 bits per heavy atom. The Labute approximate surface area is 132 Å². The van der Waals surface area contributed by atoms with Crippen molar-refractivity contribution in [2.24, 2.45) is 0 Å². The van der Waals surface area contributed by atoms with Crippen LogP contribution in [-0.2, 0) is 4.74 Å². The zero-order valence-electron chi connectivity index (χ0n) is 12.4. The number of anilines is 1. The van der Waals surface area contributed by atoms with E-state index in [1.807, 2.05) is 29.2 Å². The molecular formula is C17H15N3O3. The molecule has 0 spiro atoms. The normalized spacial score (nSPS) is 15.0. The summed E-state index contributed by atoms with van der Waals surface area (Å²) in [5.41, 5.74) is 2.01. The zero-order chi connectivity index (χ0) is 15.6. The van der Waals surface area contributed by atoms with Gasteiger partial charge in [-0.15, -0.1) is 0 Å². The first-order valence-corrected chi connectivity index (χ1v) is 7.50. The maximum absolute atomic E-state index is 12.4. The molecule has 23 heavy (non-hydrogen) atoms. The quantitative estimate of drug-likeness (QED) is 0.722. The molecule has 116 valence electrons. The number of para-hydroxylation sites is 1. The van der Waals surface area contributed by atoms with Gasteiger partial charge >= 0.3 is 6.01 Å². The Kier molecular flexibility index (Phi) is 3.51. The van der Waals surface area contributed by atoms with E-state index in [4.69, 9.17) is 9.15 Å². The summed E-state index contributed by atoms with van der Waals surface area (Å²) in [5.74, 6) is 0. The van der Waals surface area contributed by atoms with E-state index in [1.165, 1.54) is 0 Å². The van der Waals surface area contributed by atoms with Crippen molar-refractivity contribution >= 4 is 17.0 Å². The second-order valence-corrected chi connectivity index (χ2v) is 5.32. The molecule has 1 aliphatic heterocycles. The molecule has 1 aromatic carbocycles. The Morgan fingerprint density at radius 2 is 1.96 bits per heavy atom. The third-order valence-corrected chi connectivity index (χ3v) is 3.89. The summed E-state index contributed by atoms with van der Waals surface area (Å²) in [7, 11) is 0. The van der Waals surface area contributed by atoms with Crippen LogP contribution < -0.4 is 10.5 Å². The summed E-state index contributed by atoms with van der Waals surface area (Å²) in [4.78, 5) is 22.5. The fourth-order valence-electron chi connectivity index (χ4n) is 2.72. The lowest BCUT2D eigenvalue weighted by atomic mass is 10.1. The van der Waals surface area contributed by atoms with Gasteiger partial charge in [-0.2, -0.15) is 4.98 Å². The number of fused-ring (bicyclic) bond motifs is 1. The van der Waals surface area contributed by atoms with Crippen molar-refractivity contribution in [3.63, 3.8) is 0 Å². The average molecular weight is 309 g/mol. The number of ether oxygens (including phenoxy) is 1. The standard InChI is InChI=1S/C17H15N3O3/c21-16-14-5-1-4-13(12-3-2-6-18-11-12)15(14)23-17(19-16)20-7-9-22-10-8-20/h1-6,11H,7-10H2. The Morgan fingerprint density at radius 1 is 1.09 bits per heavy atom. The first-order valence-electron chi connectivity index (χ1n) is 7.50. The fourth-order valence-corrected chi connectivity index (χ4v) is 2.72. The lowest BCUT2D eigenvalue weighted by molar-refractivity contribution is 0.120. The van der Waals surface area contributed by atoms with Crippen LogP contribution in [0.5, 0.6) is 0 Å². The van der Waals surface area contributed by atoms with Gasteiger partial charge in [0, 0.05) is 36.6 Å². The first-order chi connectivity index (χ1) is 11.3. The molecule has 0 unspecified atom stereocenters. The van der Waals surface area contributed by atoms with Crippen molar-refractivity contribution in [1.82, 2.24) is 9.97 Å². The number of hydrogen-bond acceptors (Lipinski definition) is 6. The maximum atomic E-state index is 12.4. The Balaban J connectivity index is 1.91. The van der Waals surface area contributed by atoms with Crippen molar-refractivity contribution in [3.05, 3.63) is 53.1 Å². The van der Waals surface area contributed by atoms with E-state index in [1.54, 1.807) is 18.5 Å². The topological polar surface area (TPSA) is 68.5 Å². The molecule has 6 heteroatoms. The number of benzene rings is 1. The van der Waals surface area contributed by atoms with Crippen molar-refractivity contribution in [2.75, 3.05) is 31.2 Å². The van der Waals surface area contributed by atoms with Gasteiger partial charge in [0.15, 0.2) is 5.58 Å². The minimum absolute atomic E-state index is 0.279. The number of hydrogen-bond donors (Lipinski definition) is 0. The average Bonchev–Trinajstić information content (AvgIpc) is 2.63. The molecule has 0 radical (unpaired) electrons. The van der Waals surface area contributed by atoms with Crippen LogP contribution in [-0.4, -0.2) is 36.3 Å². The summed E-state index contributed by atoms with van der Waals surface area (Å²) in [6.07, 6.45) is 3.47. The third-order valence-electron chi connectivity index (χ3n) is 3.89. The van der Waals surface area contributed by atoms with Gasteiger partial charge in [-0.1, -0.05) is 18.2 Å². The SMILES string of the molecule is O=c1nc(N2CCOCC2)oc2c(-c3cccnc3)cccc12. The minimum atomic E-state index is -0.279. The van der Waals surface area contributed by atoms with Crippen LogP contribution in [0.15, 0.2) is 51.9 Å². The van der Waals surface area contributed by atoms with Gasteiger partial charge < -0.3 is 14.1 Å². The lowest BCUT2D eigenvalue weighted by Gasteiger charge is -2.26. The molecule has 2 aromatic heterocycles. The van der Waals surface area contributed by atoms with E-state index < -0.39 is 0 Å². The molecule has 0 aliphatic carbocycles. The zero-order valence-corrected chi connectivity index (χ0v) is 12.4. The van der Waals surface area contributed by atoms with E-state index in [0.717, 1.165) is 11.1 Å².